The van der Waals surface area contributed by atoms with Crippen LogP contribution in [0.5, 0.6) is 0 Å². The predicted molar refractivity (Wildman–Crippen MR) is 99.5 cm³/mol. The van der Waals surface area contributed by atoms with Crippen LogP contribution in [0.3, 0.4) is 0 Å². The van der Waals surface area contributed by atoms with Gasteiger partial charge in [-0.1, -0.05) is 37.6 Å². The van der Waals surface area contributed by atoms with Crippen molar-refractivity contribution in [2.75, 3.05) is 0 Å². The van der Waals surface area contributed by atoms with Crippen LogP contribution in [0.25, 0.3) is 0 Å². The molecule has 0 bridgehead atoms. The topological polar surface area (TPSA) is 52.6 Å². The fourth-order valence-corrected chi connectivity index (χ4v) is 2.71. The van der Waals surface area contributed by atoms with E-state index in [2.05, 4.69) is 32.0 Å². The van der Waals surface area contributed by atoms with Crippen molar-refractivity contribution in [1.82, 2.24) is 0 Å². The van der Waals surface area contributed by atoms with E-state index in [4.69, 9.17) is 9.47 Å². The third-order valence-electron chi connectivity index (χ3n) is 4.22. The summed E-state index contributed by atoms with van der Waals surface area (Å²) < 4.78 is 10.9. The monoisotopic (exact) mass is 348 g/mol. The van der Waals surface area contributed by atoms with E-state index in [0.29, 0.717) is 0 Å². The molecule has 0 spiro atoms. The summed E-state index contributed by atoms with van der Waals surface area (Å²) in [6, 6.07) is 6.29. The van der Waals surface area contributed by atoms with E-state index in [1.807, 2.05) is 34.6 Å². The van der Waals surface area contributed by atoms with Gasteiger partial charge < -0.3 is 9.47 Å². The molecule has 4 nitrogen and oxygen atoms in total. The second kappa shape index (κ2) is 8.50. The highest BCUT2D eigenvalue weighted by atomic mass is 16.6. The summed E-state index contributed by atoms with van der Waals surface area (Å²) in [7, 11) is 0. The second-order valence-electron chi connectivity index (χ2n) is 7.98. The molecular formula is C21H32O4. The maximum atomic E-state index is 12.3. The molecule has 0 heterocycles. The van der Waals surface area contributed by atoms with Gasteiger partial charge in [0.25, 0.3) is 0 Å². The van der Waals surface area contributed by atoms with Crippen LogP contribution in [0, 0.1) is 19.8 Å². The standard InChI is InChI=1S/C21H32O4/c1-13-9-10-18(14(2)11-13)16(4)17(5)24-20(23)15(3)12-19(22)25-21(6,7)8/h9-11,15-17H,12H2,1-8H3/t15-,16-,17+/m1/s1. The summed E-state index contributed by atoms with van der Waals surface area (Å²) in [6.45, 7) is 15.2. The Morgan fingerprint density at radius 1 is 1.08 bits per heavy atom. The Balaban J connectivity index is 2.64. The van der Waals surface area contributed by atoms with E-state index in [-0.39, 0.29) is 30.4 Å². The molecule has 3 atom stereocenters. The highest BCUT2D eigenvalue weighted by Crippen LogP contribution is 2.26. The molecule has 0 aliphatic heterocycles. The van der Waals surface area contributed by atoms with Crippen LogP contribution in [0.1, 0.15) is 70.6 Å². The fourth-order valence-electron chi connectivity index (χ4n) is 2.71. The van der Waals surface area contributed by atoms with Gasteiger partial charge in [0.05, 0.1) is 12.3 Å². The molecule has 1 rings (SSSR count). The SMILES string of the molecule is Cc1ccc([C@H](C)[C@H](C)OC(=O)[C@H](C)CC(=O)OC(C)(C)C)c(C)c1. The number of esters is 2. The van der Waals surface area contributed by atoms with Gasteiger partial charge in [0, 0.05) is 5.92 Å². The zero-order valence-electron chi connectivity index (χ0n) is 16.8. The fraction of sp³-hybridized carbons (Fsp3) is 0.619. The second-order valence-corrected chi connectivity index (χ2v) is 7.98. The Labute approximate surface area is 151 Å². The lowest BCUT2D eigenvalue weighted by Gasteiger charge is -2.24. The van der Waals surface area contributed by atoms with Crippen LogP contribution in [-0.4, -0.2) is 23.6 Å². The Morgan fingerprint density at radius 2 is 1.68 bits per heavy atom. The molecule has 1 aromatic carbocycles. The van der Waals surface area contributed by atoms with Crippen molar-refractivity contribution < 1.29 is 19.1 Å². The number of ether oxygens (including phenoxy) is 2. The third-order valence-corrected chi connectivity index (χ3v) is 4.22. The van der Waals surface area contributed by atoms with Crippen molar-refractivity contribution >= 4 is 11.9 Å². The summed E-state index contributed by atoms with van der Waals surface area (Å²) >= 11 is 0. The molecule has 25 heavy (non-hydrogen) atoms. The normalized spacial score (nSPS) is 15.2. The molecule has 0 aromatic heterocycles. The van der Waals surface area contributed by atoms with Crippen molar-refractivity contribution in [3.8, 4) is 0 Å². The number of rotatable bonds is 6. The van der Waals surface area contributed by atoms with E-state index in [9.17, 15) is 9.59 Å². The third kappa shape index (κ3) is 6.89. The van der Waals surface area contributed by atoms with Crippen molar-refractivity contribution in [3.05, 3.63) is 34.9 Å². The Kier molecular flexibility index (Phi) is 7.21. The first-order valence-corrected chi connectivity index (χ1v) is 8.90. The van der Waals surface area contributed by atoms with Crippen LogP contribution in [-0.2, 0) is 19.1 Å². The number of hydrogen-bond acceptors (Lipinski definition) is 4. The zero-order chi connectivity index (χ0) is 19.4. The van der Waals surface area contributed by atoms with Gasteiger partial charge in [-0.2, -0.15) is 0 Å². The van der Waals surface area contributed by atoms with Gasteiger partial charge in [0.2, 0.25) is 0 Å². The number of benzene rings is 1. The van der Waals surface area contributed by atoms with Gasteiger partial charge >= 0.3 is 11.9 Å². The van der Waals surface area contributed by atoms with E-state index in [1.54, 1.807) is 6.92 Å². The Morgan fingerprint density at radius 3 is 2.20 bits per heavy atom. The first-order chi connectivity index (χ1) is 11.4. The molecule has 0 aliphatic carbocycles. The molecule has 0 N–H and O–H groups in total. The number of carbonyl (C=O) groups excluding carboxylic acids is 2. The lowest BCUT2D eigenvalue weighted by molar-refractivity contribution is -0.163. The first kappa shape index (κ1) is 21.2. The minimum atomic E-state index is -0.550. The van der Waals surface area contributed by atoms with Crippen molar-refractivity contribution in [2.24, 2.45) is 5.92 Å². The van der Waals surface area contributed by atoms with Crippen molar-refractivity contribution in [3.63, 3.8) is 0 Å². The summed E-state index contributed by atoms with van der Waals surface area (Å²) in [4.78, 5) is 24.2. The zero-order valence-corrected chi connectivity index (χ0v) is 16.8. The highest BCUT2D eigenvalue weighted by Gasteiger charge is 2.26. The average Bonchev–Trinajstić information content (AvgIpc) is 2.44. The number of carbonyl (C=O) groups is 2. The van der Waals surface area contributed by atoms with Crippen molar-refractivity contribution in [1.29, 1.82) is 0 Å². The molecule has 0 radical (unpaired) electrons. The maximum absolute atomic E-state index is 12.3. The van der Waals surface area contributed by atoms with Gasteiger partial charge in [-0.15, -0.1) is 0 Å². The molecule has 0 unspecified atom stereocenters. The smallest absolute Gasteiger partial charge is 0.309 e. The summed E-state index contributed by atoms with van der Waals surface area (Å²) in [5.74, 6) is -1.19. The minimum absolute atomic E-state index is 0.0285. The summed E-state index contributed by atoms with van der Waals surface area (Å²) in [5, 5.41) is 0. The number of hydrogen-bond donors (Lipinski definition) is 0. The molecule has 4 heteroatoms. The quantitative estimate of drug-likeness (QED) is 0.699. The molecular weight excluding hydrogens is 316 g/mol. The van der Waals surface area contributed by atoms with Crippen LogP contribution in [0.15, 0.2) is 18.2 Å². The van der Waals surface area contributed by atoms with E-state index in [1.165, 1.54) is 16.7 Å². The van der Waals surface area contributed by atoms with Crippen LogP contribution in [0.4, 0.5) is 0 Å². The van der Waals surface area contributed by atoms with E-state index in [0.717, 1.165) is 0 Å². The predicted octanol–water partition coefficient (Wildman–Crippen LogP) is 4.71. The molecule has 140 valence electrons. The van der Waals surface area contributed by atoms with Crippen LogP contribution in [0.2, 0.25) is 0 Å². The molecule has 0 saturated heterocycles. The minimum Gasteiger partial charge on any atom is -0.462 e. The Hall–Kier alpha value is -1.84. The van der Waals surface area contributed by atoms with Gasteiger partial charge in [-0.05, 0) is 52.7 Å². The highest BCUT2D eigenvalue weighted by molar-refractivity contribution is 5.79. The summed E-state index contributed by atoms with van der Waals surface area (Å²) in [5.41, 5.74) is 3.03. The van der Waals surface area contributed by atoms with Gasteiger partial charge in [0.15, 0.2) is 0 Å². The van der Waals surface area contributed by atoms with Gasteiger partial charge in [0.1, 0.15) is 11.7 Å². The first-order valence-electron chi connectivity index (χ1n) is 8.90. The van der Waals surface area contributed by atoms with Crippen LogP contribution >= 0.6 is 0 Å². The molecule has 0 amide bonds. The molecule has 1 aromatic rings. The molecule has 0 saturated carbocycles. The average molecular weight is 348 g/mol. The lowest BCUT2D eigenvalue weighted by atomic mass is 9.91. The Bertz CT molecular complexity index is 613. The largest absolute Gasteiger partial charge is 0.462 e. The summed E-state index contributed by atoms with van der Waals surface area (Å²) in [6.07, 6.45) is -0.240. The maximum Gasteiger partial charge on any atom is 0.309 e. The van der Waals surface area contributed by atoms with Crippen molar-refractivity contribution in [2.45, 2.75) is 79.4 Å². The molecule has 0 fully saturated rings. The van der Waals surface area contributed by atoms with E-state index >= 15 is 0 Å². The van der Waals surface area contributed by atoms with Crippen LogP contribution < -0.4 is 0 Å². The lowest BCUT2D eigenvalue weighted by Crippen LogP contribution is -2.29. The molecule has 0 aliphatic rings. The van der Waals surface area contributed by atoms with Gasteiger partial charge in [-0.3, -0.25) is 9.59 Å². The van der Waals surface area contributed by atoms with Gasteiger partial charge in [-0.25, -0.2) is 0 Å². The number of aryl methyl sites for hydroxylation is 2. The van der Waals surface area contributed by atoms with E-state index < -0.39 is 11.5 Å².